The summed E-state index contributed by atoms with van der Waals surface area (Å²) in [6, 6.07) is 18.7. The van der Waals surface area contributed by atoms with Gasteiger partial charge in [-0.15, -0.1) is 0 Å². The molecule has 2 atom stereocenters. The molecule has 2 unspecified atom stereocenters. The van der Waals surface area contributed by atoms with E-state index >= 15 is 0 Å². The first kappa shape index (κ1) is 22.5. The average Bonchev–Trinajstić information content (AvgIpc) is 3.78. The van der Waals surface area contributed by atoms with Crippen LogP contribution < -0.4 is 9.64 Å². The number of carbonyl (C=O) groups excluding carboxylic acids is 2. The molecule has 34 heavy (non-hydrogen) atoms. The summed E-state index contributed by atoms with van der Waals surface area (Å²) in [6.07, 6.45) is 3.03. The fraction of sp³-hybridized carbons (Fsp3) is 0.379. The SMILES string of the molecule is CCOC(=O)C1CC1C(=O)c1ccc(N(CC2CC2)c2ccc(C)c3ccccc23)cc1OC. The number of nitrogens with zero attached hydrogens (tertiary/aromatic N) is 1. The van der Waals surface area contributed by atoms with Gasteiger partial charge in [-0.1, -0.05) is 30.3 Å². The third kappa shape index (κ3) is 4.27. The van der Waals surface area contributed by atoms with E-state index in [9.17, 15) is 9.59 Å². The summed E-state index contributed by atoms with van der Waals surface area (Å²) in [5, 5.41) is 2.47. The van der Waals surface area contributed by atoms with Crippen LogP contribution in [0.1, 0.15) is 42.1 Å². The van der Waals surface area contributed by atoms with Crippen LogP contribution in [0.4, 0.5) is 11.4 Å². The minimum absolute atomic E-state index is 0.0454. The molecular formula is C29H31NO4. The first-order valence-corrected chi connectivity index (χ1v) is 12.2. The van der Waals surface area contributed by atoms with E-state index in [1.54, 1.807) is 14.0 Å². The highest BCUT2D eigenvalue weighted by Crippen LogP contribution is 2.45. The molecule has 2 fully saturated rings. The molecule has 176 valence electrons. The Labute approximate surface area is 200 Å². The number of carbonyl (C=O) groups is 2. The van der Waals surface area contributed by atoms with E-state index in [1.807, 2.05) is 18.2 Å². The third-order valence-corrected chi connectivity index (χ3v) is 7.03. The Morgan fingerprint density at radius 1 is 1.00 bits per heavy atom. The summed E-state index contributed by atoms with van der Waals surface area (Å²) in [6.45, 7) is 5.18. The molecule has 5 rings (SSSR count). The van der Waals surface area contributed by atoms with Gasteiger partial charge in [-0.25, -0.2) is 0 Å². The summed E-state index contributed by atoms with van der Waals surface area (Å²) in [5.41, 5.74) is 3.96. The fourth-order valence-corrected chi connectivity index (χ4v) is 4.82. The Hall–Kier alpha value is -3.34. The zero-order valence-electron chi connectivity index (χ0n) is 20.0. The lowest BCUT2D eigenvalue weighted by Crippen LogP contribution is -2.21. The van der Waals surface area contributed by atoms with Gasteiger partial charge in [0, 0.05) is 35.3 Å². The van der Waals surface area contributed by atoms with E-state index in [0.29, 0.717) is 30.3 Å². The van der Waals surface area contributed by atoms with Crippen molar-refractivity contribution in [2.45, 2.75) is 33.1 Å². The van der Waals surface area contributed by atoms with Gasteiger partial charge in [0.15, 0.2) is 5.78 Å². The van der Waals surface area contributed by atoms with Crippen molar-refractivity contribution in [3.8, 4) is 5.75 Å². The molecular weight excluding hydrogens is 426 g/mol. The van der Waals surface area contributed by atoms with Gasteiger partial charge in [0.05, 0.1) is 25.2 Å². The first-order valence-electron chi connectivity index (χ1n) is 12.2. The minimum Gasteiger partial charge on any atom is -0.496 e. The fourth-order valence-electron chi connectivity index (χ4n) is 4.82. The Kier molecular flexibility index (Phi) is 6.03. The van der Waals surface area contributed by atoms with Crippen LogP contribution in [0, 0.1) is 24.7 Å². The number of fused-ring (bicyclic) bond motifs is 1. The van der Waals surface area contributed by atoms with Crippen molar-refractivity contribution in [2.24, 2.45) is 17.8 Å². The largest absolute Gasteiger partial charge is 0.496 e. The van der Waals surface area contributed by atoms with Crippen LogP contribution >= 0.6 is 0 Å². The summed E-state index contributed by atoms with van der Waals surface area (Å²) >= 11 is 0. The molecule has 0 N–H and O–H groups in total. The highest BCUT2D eigenvalue weighted by molar-refractivity contribution is 6.05. The second kappa shape index (κ2) is 9.13. The highest BCUT2D eigenvalue weighted by Gasteiger charge is 2.49. The van der Waals surface area contributed by atoms with Crippen molar-refractivity contribution in [2.75, 3.05) is 25.2 Å². The number of anilines is 2. The normalized spacial score (nSPS) is 19.0. The molecule has 3 aromatic carbocycles. The molecule has 2 aliphatic carbocycles. The molecule has 2 saturated carbocycles. The second-order valence-electron chi connectivity index (χ2n) is 9.45. The van der Waals surface area contributed by atoms with E-state index < -0.39 is 0 Å². The molecule has 0 aromatic heterocycles. The lowest BCUT2D eigenvalue weighted by Gasteiger charge is -2.28. The number of hydrogen-bond donors (Lipinski definition) is 0. The van der Waals surface area contributed by atoms with E-state index in [-0.39, 0.29) is 23.6 Å². The van der Waals surface area contributed by atoms with Gasteiger partial charge >= 0.3 is 5.97 Å². The van der Waals surface area contributed by atoms with Crippen LogP contribution in [0.25, 0.3) is 10.8 Å². The van der Waals surface area contributed by atoms with Crippen molar-refractivity contribution in [1.82, 2.24) is 0 Å². The quantitative estimate of drug-likeness (QED) is 0.288. The Morgan fingerprint density at radius 3 is 2.47 bits per heavy atom. The summed E-state index contributed by atoms with van der Waals surface area (Å²) < 4.78 is 10.8. The van der Waals surface area contributed by atoms with Crippen LogP contribution in [0.2, 0.25) is 0 Å². The summed E-state index contributed by atoms with van der Waals surface area (Å²) in [5.74, 6) is 0.247. The molecule has 2 aliphatic rings. The van der Waals surface area contributed by atoms with Crippen molar-refractivity contribution in [3.63, 3.8) is 0 Å². The number of rotatable bonds is 9. The van der Waals surface area contributed by atoms with Crippen molar-refractivity contribution < 1.29 is 19.1 Å². The zero-order valence-corrected chi connectivity index (χ0v) is 20.0. The van der Waals surface area contributed by atoms with Crippen molar-refractivity contribution >= 4 is 33.9 Å². The number of ketones is 1. The van der Waals surface area contributed by atoms with E-state index in [1.165, 1.54) is 34.9 Å². The van der Waals surface area contributed by atoms with E-state index in [4.69, 9.17) is 9.47 Å². The zero-order chi connectivity index (χ0) is 23.8. The van der Waals surface area contributed by atoms with Crippen LogP contribution in [-0.2, 0) is 9.53 Å². The predicted octanol–water partition coefficient (Wildman–Crippen LogP) is 6.09. The lowest BCUT2D eigenvalue weighted by molar-refractivity contribution is -0.144. The molecule has 0 heterocycles. The lowest BCUT2D eigenvalue weighted by atomic mass is 10.0. The number of Topliss-reactive ketones (excluding diaryl/α,β-unsaturated/α-hetero) is 1. The Morgan fingerprint density at radius 2 is 1.76 bits per heavy atom. The maximum Gasteiger partial charge on any atom is 0.309 e. The maximum absolute atomic E-state index is 13.2. The number of ether oxygens (including phenoxy) is 2. The van der Waals surface area contributed by atoms with Gasteiger partial charge < -0.3 is 14.4 Å². The second-order valence-corrected chi connectivity index (χ2v) is 9.45. The number of esters is 1. The maximum atomic E-state index is 13.2. The number of hydrogen-bond acceptors (Lipinski definition) is 5. The van der Waals surface area contributed by atoms with Gasteiger partial charge in [-0.2, -0.15) is 0 Å². The Balaban J connectivity index is 1.49. The van der Waals surface area contributed by atoms with Crippen LogP contribution in [0.3, 0.4) is 0 Å². The van der Waals surface area contributed by atoms with Crippen molar-refractivity contribution in [1.29, 1.82) is 0 Å². The smallest absolute Gasteiger partial charge is 0.309 e. The van der Waals surface area contributed by atoms with E-state index in [2.05, 4.69) is 48.2 Å². The van der Waals surface area contributed by atoms with Gasteiger partial charge in [-0.05, 0) is 68.2 Å². The van der Waals surface area contributed by atoms with Crippen LogP contribution in [-0.4, -0.2) is 32.0 Å². The molecule has 0 radical (unpaired) electrons. The van der Waals surface area contributed by atoms with E-state index in [0.717, 1.165) is 12.2 Å². The summed E-state index contributed by atoms with van der Waals surface area (Å²) in [4.78, 5) is 27.5. The van der Waals surface area contributed by atoms with Gasteiger partial charge in [0.1, 0.15) is 5.75 Å². The monoisotopic (exact) mass is 457 g/mol. The minimum atomic E-state index is -0.331. The van der Waals surface area contributed by atoms with Crippen LogP contribution in [0.15, 0.2) is 54.6 Å². The van der Waals surface area contributed by atoms with Gasteiger partial charge in [0.2, 0.25) is 0 Å². The summed E-state index contributed by atoms with van der Waals surface area (Å²) in [7, 11) is 1.60. The molecule has 0 aliphatic heterocycles. The molecule has 0 amide bonds. The first-order chi connectivity index (χ1) is 16.5. The molecule has 5 heteroatoms. The number of benzene rings is 3. The van der Waals surface area contributed by atoms with Crippen LogP contribution in [0.5, 0.6) is 5.75 Å². The molecule has 0 spiro atoms. The standard InChI is InChI=1S/C29H31NO4/c1-4-34-29(32)25-16-24(25)28(31)23-13-12-20(15-27(23)33-3)30(17-19-10-11-19)26-14-9-18(2)21-7-5-6-8-22(21)26/h5-9,12-15,19,24-25H,4,10-11,16-17H2,1-3H3. The third-order valence-electron chi connectivity index (χ3n) is 7.03. The number of methoxy groups -OCH3 is 1. The molecule has 0 saturated heterocycles. The molecule has 0 bridgehead atoms. The highest BCUT2D eigenvalue weighted by atomic mass is 16.5. The average molecular weight is 458 g/mol. The Bertz CT molecular complexity index is 1250. The predicted molar refractivity (Wildman–Crippen MR) is 134 cm³/mol. The molecule has 5 nitrogen and oxygen atoms in total. The van der Waals surface area contributed by atoms with Gasteiger partial charge in [0.25, 0.3) is 0 Å². The number of aryl methyl sites for hydroxylation is 1. The van der Waals surface area contributed by atoms with Gasteiger partial charge in [-0.3, -0.25) is 9.59 Å². The van der Waals surface area contributed by atoms with Crippen molar-refractivity contribution in [3.05, 3.63) is 65.7 Å². The molecule has 3 aromatic rings. The topological polar surface area (TPSA) is 55.8 Å².